The van der Waals surface area contributed by atoms with Crippen LogP contribution in [0.1, 0.15) is 11.1 Å². The van der Waals surface area contributed by atoms with Gasteiger partial charge in [0.05, 0.1) is 26.4 Å². The van der Waals surface area contributed by atoms with Gasteiger partial charge in [-0.1, -0.05) is 97.1 Å². The highest BCUT2D eigenvalue weighted by atomic mass is 16.6. The second-order valence-electron chi connectivity index (χ2n) is 8.91. The van der Waals surface area contributed by atoms with Gasteiger partial charge >= 0.3 is 0 Å². The molecule has 178 valence electrons. The van der Waals surface area contributed by atoms with Crippen LogP contribution in [0.2, 0.25) is 0 Å². The SMILES string of the molecule is C(OCC1CO1)C1CO1.Oc1cc(Cc2cccc(-c3ccccc3)c2)ccc1-c1ccccc1. The van der Waals surface area contributed by atoms with Crippen molar-refractivity contribution in [2.45, 2.75) is 18.6 Å². The molecule has 2 saturated heterocycles. The Labute approximate surface area is 206 Å². The van der Waals surface area contributed by atoms with Crippen molar-refractivity contribution in [3.8, 4) is 28.0 Å². The molecule has 4 heteroatoms. The fourth-order valence-electron chi connectivity index (χ4n) is 3.94. The topological polar surface area (TPSA) is 54.5 Å². The van der Waals surface area contributed by atoms with Crippen LogP contribution in [0.15, 0.2) is 103 Å². The Morgan fingerprint density at radius 3 is 1.80 bits per heavy atom. The highest BCUT2D eigenvalue weighted by molar-refractivity contribution is 5.70. The molecular weight excluding hydrogens is 436 g/mol. The average molecular weight is 467 g/mol. The Hall–Kier alpha value is -3.44. The Morgan fingerprint density at radius 2 is 1.20 bits per heavy atom. The number of rotatable bonds is 8. The highest BCUT2D eigenvalue weighted by Crippen LogP contribution is 2.31. The summed E-state index contributed by atoms with van der Waals surface area (Å²) in [6, 6.07) is 34.9. The minimum atomic E-state index is 0.327. The summed E-state index contributed by atoms with van der Waals surface area (Å²) in [5.74, 6) is 0.327. The number of ether oxygens (including phenoxy) is 3. The first-order valence-corrected chi connectivity index (χ1v) is 12.1. The van der Waals surface area contributed by atoms with E-state index in [1.165, 1.54) is 16.7 Å². The van der Waals surface area contributed by atoms with Crippen LogP contribution in [0, 0.1) is 0 Å². The summed E-state index contributed by atoms with van der Waals surface area (Å²) in [4.78, 5) is 0. The third kappa shape index (κ3) is 7.03. The van der Waals surface area contributed by atoms with E-state index in [2.05, 4.69) is 54.6 Å². The van der Waals surface area contributed by atoms with E-state index < -0.39 is 0 Å². The highest BCUT2D eigenvalue weighted by Gasteiger charge is 2.26. The summed E-state index contributed by atoms with van der Waals surface area (Å²) in [6.45, 7) is 3.26. The Bertz CT molecular complexity index is 1200. The van der Waals surface area contributed by atoms with Crippen LogP contribution in [-0.4, -0.2) is 43.7 Å². The maximum absolute atomic E-state index is 10.5. The van der Waals surface area contributed by atoms with Gasteiger partial charge in [-0.3, -0.25) is 0 Å². The number of phenolic OH excluding ortho intramolecular Hbond substituents is 1. The van der Waals surface area contributed by atoms with Crippen LogP contribution in [0.4, 0.5) is 0 Å². The average Bonchev–Trinajstić information content (AvgIpc) is 3.83. The van der Waals surface area contributed by atoms with Crippen LogP contribution in [-0.2, 0) is 20.6 Å². The van der Waals surface area contributed by atoms with Crippen molar-refractivity contribution in [1.82, 2.24) is 0 Å². The molecule has 2 aliphatic heterocycles. The number of benzene rings is 4. The predicted molar refractivity (Wildman–Crippen MR) is 139 cm³/mol. The molecule has 0 saturated carbocycles. The number of epoxide rings is 2. The lowest BCUT2D eigenvalue weighted by Gasteiger charge is -2.09. The molecule has 0 aromatic heterocycles. The van der Waals surface area contributed by atoms with Gasteiger partial charge in [0.25, 0.3) is 0 Å². The molecule has 0 bridgehead atoms. The van der Waals surface area contributed by atoms with Crippen LogP contribution < -0.4 is 0 Å². The number of phenols is 1. The summed E-state index contributed by atoms with van der Waals surface area (Å²) in [5, 5.41) is 10.5. The first-order valence-electron chi connectivity index (χ1n) is 12.1. The van der Waals surface area contributed by atoms with E-state index in [0.29, 0.717) is 18.0 Å². The number of hydrogen-bond acceptors (Lipinski definition) is 4. The van der Waals surface area contributed by atoms with Gasteiger partial charge in [0.1, 0.15) is 18.0 Å². The fourth-order valence-corrected chi connectivity index (χ4v) is 3.94. The summed E-state index contributed by atoms with van der Waals surface area (Å²) in [7, 11) is 0. The largest absolute Gasteiger partial charge is 0.507 e. The maximum Gasteiger partial charge on any atom is 0.123 e. The van der Waals surface area contributed by atoms with Crippen LogP contribution >= 0.6 is 0 Å². The van der Waals surface area contributed by atoms with Gasteiger partial charge in [0.2, 0.25) is 0 Å². The molecule has 2 fully saturated rings. The second-order valence-corrected chi connectivity index (χ2v) is 8.91. The Morgan fingerprint density at radius 1 is 0.629 bits per heavy atom. The molecule has 4 nitrogen and oxygen atoms in total. The lowest BCUT2D eigenvalue weighted by atomic mass is 9.97. The van der Waals surface area contributed by atoms with Crippen molar-refractivity contribution in [3.63, 3.8) is 0 Å². The minimum Gasteiger partial charge on any atom is -0.507 e. The lowest BCUT2D eigenvalue weighted by Crippen LogP contribution is -2.06. The van der Waals surface area contributed by atoms with Crippen molar-refractivity contribution in [2.24, 2.45) is 0 Å². The van der Waals surface area contributed by atoms with E-state index in [0.717, 1.165) is 49.5 Å². The van der Waals surface area contributed by atoms with Gasteiger partial charge in [-0.2, -0.15) is 0 Å². The number of hydrogen-bond donors (Lipinski definition) is 1. The van der Waals surface area contributed by atoms with Gasteiger partial charge in [-0.05, 0) is 40.3 Å². The summed E-state index contributed by atoms with van der Waals surface area (Å²) < 4.78 is 15.1. The molecule has 0 spiro atoms. The Kier molecular flexibility index (Phi) is 7.54. The summed E-state index contributed by atoms with van der Waals surface area (Å²) in [5.41, 5.74) is 6.67. The van der Waals surface area contributed by atoms with E-state index in [9.17, 15) is 5.11 Å². The van der Waals surface area contributed by atoms with E-state index in [-0.39, 0.29) is 0 Å². The van der Waals surface area contributed by atoms with Gasteiger partial charge in [-0.25, -0.2) is 0 Å². The van der Waals surface area contributed by atoms with Crippen LogP contribution in [0.3, 0.4) is 0 Å². The normalized spacial score (nSPS) is 17.8. The van der Waals surface area contributed by atoms with Crippen molar-refractivity contribution < 1.29 is 19.3 Å². The predicted octanol–water partition coefficient (Wildman–Crippen LogP) is 6.12. The quantitative estimate of drug-likeness (QED) is 0.318. The monoisotopic (exact) mass is 466 g/mol. The van der Waals surface area contributed by atoms with Gasteiger partial charge in [-0.15, -0.1) is 0 Å². The van der Waals surface area contributed by atoms with Gasteiger partial charge < -0.3 is 19.3 Å². The van der Waals surface area contributed by atoms with E-state index in [1.807, 2.05) is 48.5 Å². The lowest BCUT2D eigenvalue weighted by molar-refractivity contribution is 0.102. The maximum atomic E-state index is 10.5. The van der Waals surface area contributed by atoms with Crippen molar-refractivity contribution in [3.05, 3.63) is 114 Å². The third-order valence-corrected chi connectivity index (χ3v) is 6.00. The first-order chi connectivity index (χ1) is 17.2. The first kappa shape index (κ1) is 23.3. The molecular formula is C31H30O4. The summed E-state index contributed by atoms with van der Waals surface area (Å²) in [6.07, 6.45) is 1.58. The molecule has 2 heterocycles. The minimum absolute atomic E-state index is 0.327. The summed E-state index contributed by atoms with van der Waals surface area (Å²) >= 11 is 0. The van der Waals surface area contributed by atoms with E-state index >= 15 is 0 Å². The van der Waals surface area contributed by atoms with Crippen LogP contribution in [0.25, 0.3) is 22.3 Å². The zero-order chi connectivity index (χ0) is 23.9. The van der Waals surface area contributed by atoms with Crippen LogP contribution in [0.5, 0.6) is 5.75 Å². The fraction of sp³-hybridized carbons (Fsp3) is 0.226. The molecule has 35 heavy (non-hydrogen) atoms. The van der Waals surface area contributed by atoms with Crippen molar-refractivity contribution >= 4 is 0 Å². The van der Waals surface area contributed by atoms with E-state index in [1.54, 1.807) is 0 Å². The molecule has 2 atom stereocenters. The molecule has 0 amide bonds. The molecule has 0 radical (unpaired) electrons. The number of aromatic hydroxyl groups is 1. The zero-order valence-electron chi connectivity index (χ0n) is 19.7. The molecule has 2 unspecified atom stereocenters. The third-order valence-electron chi connectivity index (χ3n) is 6.00. The molecule has 6 rings (SSSR count). The molecule has 2 aliphatic rings. The second kappa shape index (κ2) is 11.3. The zero-order valence-corrected chi connectivity index (χ0v) is 19.7. The van der Waals surface area contributed by atoms with Gasteiger partial charge in [0, 0.05) is 5.56 Å². The van der Waals surface area contributed by atoms with Gasteiger partial charge in [0.15, 0.2) is 0 Å². The van der Waals surface area contributed by atoms with Crippen molar-refractivity contribution in [2.75, 3.05) is 26.4 Å². The molecule has 4 aromatic rings. The standard InChI is InChI=1S/C25H20O.C6H10O3/c26-25-18-20(14-15-24(25)22-11-5-2-6-12-22)16-19-8-7-13-23(17-19)21-9-3-1-4-10-21;1(5-3-8-5)7-2-6-4-9-6/h1-15,17-18,26H,16H2;5-6H,1-4H2. The Balaban J connectivity index is 0.000000234. The molecule has 0 aliphatic carbocycles. The smallest absolute Gasteiger partial charge is 0.123 e. The molecule has 4 aromatic carbocycles. The molecule has 1 N–H and O–H groups in total. The van der Waals surface area contributed by atoms with E-state index in [4.69, 9.17) is 14.2 Å². The van der Waals surface area contributed by atoms with Crippen molar-refractivity contribution in [1.29, 1.82) is 0 Å².